The largest absolute Gasteiger partial charge is 0.378 e. The molecule has 0 atom stereocenters. The number of aromatic nitrogens is 3. The van der Waals surface area contributed by atoms with Gasteiger partial charge in [-0.3, -0.25) is 4.79 Å². The van der Waals surface area contributed by atoms with Gasteiger partial charge in [-0.25, -0.2) is 9.97 Å². The zero-order valence-corrected chi connectivity index (χ0v) is 14.5. The van der Waals surface area contributed by atoms with E-state index in [2.05, 4.69) is 9.97 Å². The van der Waals surface area contributed by atoms with Gasteiger partial charge in [0.15, 0.2) is 5.82 Å². The molecule has 1 fully saturated rings. The summed E-state index contributed by atoms with van der Waals surface area (Å²) in [5.74, 6) is 0.505. The van der Waals surface area contributed by atoms with Gasteiger partial charge in [-0.2, -0.15) is 0 Å². The molecule has 0 N–H and O–H groups in total. The molecule has 3 aromatic rings. The number of morpholine rings is 1. The Hall–Kier alpha value is -2.44. The molecular weight excluding hydrogens is 340 g/mol. The van der Waals surface area contributed by atoms with Crippen LogP contribution >= 0.6 is 11.6 Å². The quantitative estimate of drug-likeness (QED) is 0.662. The Morgan fingerprint density at radius 2 is 1.88 bits per heavy atom. The number of hydrogen-bond donors (Lipinski definition) is 0. The normalized spacial score (nSPS) is 14.9. The van der Waals surface area contributed by atoms with Crippen molar-refractivity contribution in [3.05, 3.63) is 47.2 Å². The summed E-state index contributed by atoms with van der Waals surface area (Å²) < 4.78 is 7.10. The fraction of sp³-hybridized carbons (Fsp3) is 0.278. The highest BCUT2D eigenvalue weighted by Gasteiger charge is 2.23. The lowest BCUT2D eigenvalue weighted by Gasteiger charge is -2.26. The second-order valence-electron chi connectivity index (χ2n) is 5.93. The minimum Gasteiger partial charge on any atom is -0.378 e. The number of aryl methyl sites for hydroxylation is 1. The molecule has 0 aliphatic carbocycles. The Kier molecular flexibility index (Phi) is 4.15. The molecule has 25 heavy (non-hydrogen) atoms. The van der Waals surface area contributed by atoms with E-state index in [-0.39, 0.29) is 5.91 Å². The van der Waals surface area contributed by atoms with Crippen molar-refractivity contribution >= 4 is 28.5 Å². The van der Waals surface area contributed by atoms with Crippen molar-refractivity contribution in [1.29, 1.82) is 0 Å². The number of hydrogen-bond acceptors (Lipinski definition) is 4. The van der Waals surface area contributed by atoms with Crippen LogP contribution in [0, 0.1) is 0 Å². The van der Waals surface area contributed by atoms with Crippen LogP contribution < -0.4 is 0 Å². The SMILES string of the molecule is Cn1c(C(=O)N2CCOCC2)cc2c(Cl)nc(-c3ccccc3)nc21. The predicted octanol–water partition coefficient (Wildman–Crippen LogP) is 2.76. The van der Waals surface area contributed by atoms with Crippen LogP contribution in [-0.2, 0) is 11.8 Å². The summed E-state index contributed by atoms with van der Waals surface area (Å²) >= 11 is 6.38. The molecule has 1 amide bonds. The van der Waals surface area contributed by atoms with E-state index in [4.69, 9.17) is 16.3 Å². The molecule has 1 aliphatic heterocycles. The van der Waals surface area contributed by atoms with Crippen LogP contribution in [0.5, 0.6) is 0 Å². The number of amides is 1. The fourth-order valence-corrected chi connectivity index (χ4v) is 3.23. The van der Waals surface area contributed by atoms with Gasteiger partial charge in [-0.05, 0) is 6.07 Å². The standard InChI is InChI=1S/C18H17ClN4O2/c1-22-14(18(24)23-7-9-25-10-8-23)11-13-15(19)20-16(21-17(13)22)12-5-3-2-4-6-12/h2-6,11H,7-10H2,1H3. The maximum absolute atomic E-state index is 12.8. The van der Waals surface area contributed by atoms with Gasteiger partial charge in [-0.15, -0.1) is 0 Å². The lowest BCUT2D eigenvalue weighted by molar-refractivity contribution is 0.0297. The first-order valence-corrected chi connectivity index (χ1v) is 8.48. The van der Waals surface area contributed by atoms with Gasteiger partial charge in [-0.1, -0.05) is 41.9 Å². The van der Waals surface area contributed by atoms with Crippen LogP contribution in [0.3, 0.4) is 0 Å². The lowest BCUT2D eigenvalue weighted by atomic mass is 10.2. The molecule has 0 saturated carbocycles. The van der Waals surface area contributed by atoms with Crippen molar-refractivity contribution < 1.29 is 9.53 Å². The van der Waals surface area contributed by atoms with E-state index in [0.29, 0.717) is 54.0 Å². The third-order valence-corrected chi connectivity index (χ3v) is 4.68. The molecule has 2 aromatic heterocycles. The van der Waals surface area contributed by atoms with Gasteiger partial charge in [0.05, 0.1) is 18.6 Å². The Bertz CT molecular complexity index is 933. The Labute approximate surface area is 150 Å². The van der Waals surface area contributed by atoms with Crippen molar-refractivity contribution in [2.24, 2.45) is 7.05 Å². The maximum atomic E-state index is 12.8. The molecular formula is C18H17ClN4O2. The number of fused-ring (bicyclic) bond motifs is 1. The molecule has 0 spiro atoms. The third-order valence-electron chi connectivity index (χ3n) is 4.39. The number of ether oxygens (including phenoxy) is 1. The molecule has 7 heteroatoms. The molecule has 4 rings (SSSR count). The summed E-state index contributed by atoms with van der Waals surface area (Å²) in [5.41, 5.74) is 2.09. The summed E-state index contributed by atoms with van der Waals surface area (Å²) in [5, 5.41) is 1.03. The lowest BCUT2D eigenvalue weighted by Crippen LogP contribution is -2.41. The van der Waals surface area contributed by atoms with Crippen LogP contribution in [0.1, 0.15) is 10.5 Å². The number of carbonyl (C=O) groups is 1. The molecule has 0 radical (unpaired) electrons. The van der Waals surface area contributed by atoms with Gasteiger partial charge >= 0.3 is 0 Å². The van der Waals surface area contributed by atoms with Gasteiger partial charge in [0.2, 0.25) is 0 Å². The zero-order chi connectivity index (χ0) is 17.4. The Balaban J connectivity index is 1.79. The summed E-state index contributed by atoms with van der Waals surface area (Å²) in [4.78, 5) is 23.6. The molecule has 1 aliphatic rings. The van der Waals surface area contributed by atoms with Gasteiger partial charge in [0, 0.05) is 25.7 Å². The van der Waals surface area contributed by atoms with Crippen LogP contribution in [0.15, 0.2) is 36.4 Å². The highest BCUT2D eigenvalue weighted by Crippen LogP contribution is 2.27. The fourth-order valence-electron chi connectivity index (χ4n) is 3.01. The van der Waals surface area contributed by atoms with Crippen LogP contribution in [0.4, 0.5) is 0 Å². The van der Waals surface area contributed by atoms with Crippen LogP contribution in [-0.4, -0.2) is 51.6 Å². The van der Waals surface area contributed by atoms with Crippen molar-refractivity contribution in [2.45, 2.75) is 0 Å². The van der Waals surface area contributed by atoms with E-state index >= 15 is 0 Å². The first kappa shape index (κ1) is 16.1. The van der Waals surface area contributed by atoms with Gasteiger partial charge in [0.1, 0.15) is 16.5 Å². The molecule has 1 saturated heterocycles. The Morgan fingerprint density at radius 1 is 1.16 bits per heavy atom. The summed E-state index contributed by atoms with van der Waals surface area (Å²) in [6.45, 7) is 2.31. The molecule has 128 valence electrons. The molecule has 3 heterocycles. The monoisotopic (exact) mass is 356 g/mol. The average Bonchev–Trinajstić information content (AvgIpc) is 3.00. The van der Waals surface area contributed by atoms with Crippen molar-refractivity contribution in [3.63, 3.8) is 0 Å². The zero-order valence-electron chi connectivity index (χ0n) is 13.8. The summed E-state index contributed by atoms with van der Waals surface area (Å²) in [6.07, 6.45) is 0. The van der Waals surface area contributed by atoms with E-state index < -0.39 is 0 Å². The average molecular weight is 357 g/mol. The van der Waals surface area contributed by atoms with Crippen molar-refractivity contribution in [3.8, 4) is 11.4 Å². The maximum Gasteiger partial charge on any atom is 0.270 e. The van der Waals surface area contributed by atoms with Crippen LogP contribution in [0.2, 0.25) is 5.15 Å². The number of nitrogens with zero attached hydrogens (tertiary/aromatic N) is 4. The van der Waals surface area contributed by atoms with E-state index in [1.807, 2.05) is 37.4 Å². The second-order valence-corrected chi connectivity index (χ2v) is 6.29. The minimum absolute atomic E-state index is 0.0406. The molecule has 6 nitrogen and oxygen atoms in total. The molecule has 0 bridgehead atoms. The topological polar surface area (TPSA) is 60.2 Å². The first-order valence-electron chi connectivity index (χ1n) is 8.10. The smallest absolute Gasteiger partial charge is 0.270 e. The van der Waals surface area contributed by atoms with Crippen molar-refractivity contribution in [2.75, 3.05) is 26.3 Å². The van der Waals surface area contributed by atoms with E-state index in [1.165, 1.54) is 0 Å². The van der Waals surface area contributed by atoms with Crippen LogP contribution in [0.25, 0.3) is 22.4 Å². The third kappa shape index (κ3) is 2.88. The Morgan fingerprint density at radius 3 is 2.60 bits per heavy atom. The minimum atomic E-state index is -0.0406. The number of rotatable bonds is 2. The van der Waals surface area contributed by atoms with E-state index in [9.17, 15) is 4.79 Å². The highest BCUT2D eigenvalue weighted by molar-refractivity contribution is 6.34. The predicted molar refractivity (Wildman–Crippen MR) is 95.7 cm³/mol. The summed E-state index contributed by atoms with van der Waals surface area (Å²) in [6, 6.07) is 11.4. The highest BCUT2D eigenvalue weighted by atomic mass is 35.5. The number of halogens is 1. The van der Waals surface area contributed by atoms with E-state index in [1.54, 1.807) is 15.5 Å². The van der Waals surface area contributed by atoms with Gasteiger partial charge < -0.3 is 14.2 Å². The van der Waals surface area contributed by atoms with Crippen molar-refractivity contribution in [1.82, 2.24) is 19.4 Å². The second kappa shape index (κ2) is 6.46. The number of benzene rings is 1. The number of carbonyl (C=O) groups excluding carboxylic acids is 1. The van der Waals surface area contributed by atoms with E-state index in [0.717, 1.165) is 5.56 Å². The molecule has 1 aromatic carbocycles. The summed E-state index contributed by atoms with van der Waals surface area (Å²) in [7, 11) is 1.83. The van der Waals surface area contributed by atoms with Gasteiger partial charge in [0.25, 0.3) is 5.91 Å². The first-order chi connectivity index (χ1) is 12.1. The molecule has 0 unspecified atom stereocenters.